The van der Waals surface area contributed by atoms with Crippen LogP contribution < -0.4 is 5.32 Å². The Hall–Kier alpha value is -3.39. The van der Waals surface area contributed by atoms with E-state index in [9.17, 15) is 4.79 Å². The highest BCUT2D eigenvalue weighted by molar-refractivity contribution is 6.19. The Morgan fingerprint density at radius 2 is 2.00 bits per heavy atom. The number of halogens is 1. The van der Waals surface area contributed by atoms with Gasteiger partial charge in [0, 0.05) is 23.5 Å². The minimum Gasteiger partial charge on any atom is -0.459 e. The van der Waals surface area contributed by atoms with E-state index in [0.29, 0.717) is 17.3 Å². The third-order valence-corrected chi connectivity index (χ3v) is 4.01. The van der Waals surface area contributed by atoms with E-state index < -0.39 is 11.7 Å². The van der Waals surface area contributed by atoms with Crippen molar-refractivity contribution < 1.29 is 13.9 Å². The number of amidine groups is 1. The molecule has 3 rings (SSSR count). The summed E-state index contributed by atoms with van der Waals surface area (Å²) in [4.78, 5) is 20.3. The number of anilines is 1. The van der Waals surface area contributed by atoms with Crippen molar-refractivity contribution in [1.82, 2.24) is 9.78 Å². The number of nitrogens with zero attached hydrogens (tertiary/aromatic N) is 4. The molecule has 156 valence electrons. The number of hydrogen-bond donors (Lipinski definition) is 1. The third kappa shape index (κ3) is 5.15. The van der Waals surface area contributed by atoms with E-state index in [1.54, 1.807) is 39.2 Å². The molecule has 1 aromatic carbocycles. The number of benzene rings is 1. The van der Waals surface area contributed by atoms with Crippen molar-refractivity contribution in [3.63, 3.8) is 0 Å². The lowest BCUT2D eigenvalue weighted by Gasteiger charge is -2.18. The van der Waals surface area contributed by atoms with Crippen molar-refractivity contribution in [3.8, 4) is 11.1 Å². The largest absolute Gasteiger partial charge is 0.459 e. The number of rotatable bonds is 5. The molecular weight excluding hydrogens is 406 g/mol. The van der Waals surface area contributed by atoms with Gasteiger partial charge in [-0.15, -0.1) is 11.6 Å². The van der Waals surface area contributed by atoms with Crippen LogP contribution in [0.25, 0.3) is 11.1 Å². The van der Waals surface area contributed by atoms with Gasteiger partial charge in [0.15, 0.2) is 11.6 Å². The summed E-state index contributed by atoms with van der Waals surface area (Å²) in [6.45, 7) is 8.94. The highest BCUT2D eigenvalue weighted by atomic mass is 35.5. The standard InChI is InChI=1S/C21H22ClN5O3/c1-21(2,3)30-20(28)27-12-15(11-25-27)14-5-7-16(8-6-14)26-19(24-13-22)18-17(23-4)9-10-29-18/h5-12H,4,13H2,1-3H3,(H,24,26). The fourth-order valence-corrected chi connectivity index (χ4v) is 2.71. The predicted molar refractivity (Wildman–Crippen MR) is 118 cm³/mol. The van der Waals surface area contributed by atoms with E-state index in [2.05, 4.69) is 27.1 Å². The zero-order chi connectivity index (χ0) is 21.7. The molecule has 0 saturated carbocycles. The number of carbonyl (C=O) groups is 1. The van der Waals surface area contributed by atoms with Crippen molar-refractivity contribution in [2.24, 2.45) is 9.98 Å². The summed E-state index contributed by atoms with van der Waals surface area (Å²) in [5.41, 5.74) is 2.42. The number of carbonyl (C=O) groups excluding carboxylic acids is 1. The molecule has 0 spiro atoms. The maximum Gasteiger partial charge on any atom is 0.435 e. The molecule has 1 N–H and O–H groups in total. The summed E-state index contributed by atoms with van der Waals surface area (Å²) in [5.74, 6) is 0.899. The molecule has 2 heterocycles. The second-order valence-electron chi connectivity index (χ2n) is 7.28. The van der Waals surface area contributed by atoms with Gasteiger partial charge in [0.2, 0.25) is 0 Å². The van der Waals surface area contributed by atoms with Gasteiger partial charge in [-0.1, -0.05) is 12.1 Å². The first kappa shape index (κ1) is 21.3. The van der Waals surface area contributed by atoms with Crippen LogP contribution in [0.1, 0.15) is 26.5 Å². The van der Waals surface area contributed by atoms with Crippen molar-refractivity contribution in [2.45, 2.75) is 26.4 Å². The Balaban J connectivity index is 1.76. The first-order valence-electron chi connectivity index (χ1n) is 9.11. The predicted octanol–water partition coefficient (Wildman–Crippen LogP) is 5.31. The second kappa shape index (κ2) is 8.96. The lowest BCUT2D eigenvalue weighted by atomic mass is 10.1. The van der Waals surface area contributed by atoms with Crippen LogP contribution in [-0.4, -0.2) is 40.0 Å². The zero-order valence-corrected chi connectivity index (χ0v) is 17.7. The third-order valence-electron chi connectivity index (χ3n) is 3.89. The van der Waals surface area contributed by atoms with E-state index in [0.717, 1.165) is 16.8 Å². The Labute approximate surface area is 179 Å². The van der Waals surface area contributed by atoms with Crippen LogP contribution in [0.2, 0.25) is 0 Å². The molecule has 30 heavy (non-hydrogen) atoms. The maximum absolute atomic E-state index is 12.1. The van der Waals surface area contributed by atoms with Gasteiger partial charge >= 0.3 is 6.09 Å². The molecule has 3 aromatic rings. The number of ether oxygens (including phenoxy) is 1. The first-order valence-corrected chi connectivity index (χ1v) is 9.64. The maximum atomic E-state index is 12.1. The van der Waals surface area contributed by atoms with Gasteiger partial charge in [0.25, 0.3) is 0 Å². The van der Waals surface area contributed by atoms with Crippen LogP contribution in [0.15, 0.2) is 63.4 Å². The number of nitrogens with one attached hydrogen (secondary N) is 1. The molecule has 0 aliphatic rings. The van der Waals surface area contributed by atoms with Crippen molar-refractivity contribution in [2.75, 3.05) is 11.3 Å². The molecule has 0 atom stereocenters. The van der Waals surface area contributed by atoms with E-state index in [1.807, 2.05) is 24.3 Å². The molecule has 0 aliphatic heterocycles. The van der Waals surface area contributed by atoms with Crippen molar-refractivity contribution >= 4 is 41.6 Å². The van der Waals surface area contributed by atoms with E-state index >= 15 is 0 Å². The van der Waals surface area contributed by atoms with Gasteiger partial charge in [-0.2, -0.15) is 9.78 Å². The molecule has 8 nitrogen and oxygen atoms in total. The summed E-state index contributed by atoms with van der Waals surface area (Å²) < 4.78 is 12.0. The number of alkyl halides is 1. The molecular formula is C21H22ClN5O3. The van der Waals surface area contributed by atoms with Gasteiger partial charge < -0.3 is 14.5 Å². The Kier molecular flexibility index (Phi) is 6.37. The normalized spacial score (nSPS) is 11.9. The molecule has 0 unspecified atom stereocenters. The smallest absolute Gasteiger partial charge is 0.435 e. The van der Waals surface area contributed by atoms with Gasteiger partial charge in [-0.3, -0.25) is 4.99 Å². The fraction of sp³-hybridized carbons (Fsp3) is 0.238. The minimum atomic E-state index is -0.590. The number of aliphatic imine (C=N–C) groups is 2. The average Bonchev–Trinajstić information content (AvgIpc) is 3.36. The van der Waals surface area contributed by atoms with Crippen LogP contribution in [0, 0.1) is 0 Å². The van der Waals surface area contributed by atoms with Crippen LogP contribution in [0.3, 0.4) is 0 Å². The quantitative estimate of drug-likeness (QED) is 0.257. The molecule has 0 radical (unpaired) electrons. The number of furan rings is 1. The van der Waals surface area contributed by atoms with Crippen LogP contribution in [0.4, 0.5) is 16.2 Å². The van der Waals surface area contributed by atoms with Crippen molar-refractivity contribution in [3.05, 3.63) is 54.7 Å². The molecule has 0 fully saturated rings. The molecule has 0 saturated heterocycles. The monoisotopic (exact) mass is 427 g/mol. The second-order valence-corrected chi connectivity index (χ2v) is 7.51. The topological polar surface area (TPSA) is 94.0 Å². The molecule has 0 aliphatic carbocycles. The molecule has 0 bridgehead atoms. The van der Waals surface area contributed by atoms with Gasteiger partial charge in [0.1, 0.15) is 17.3 Å². The van der Waals surface area contributed by atoms with Gasteiger partial charge in [-0.05, 0) is 45.2 Å². The average molecular weight is 428 g/mol. The van der Waals surface area contributed by atoms with Crippen LogP contribution in [0.5, 0.6) is 0 Å². The lowest BCUT2D eigenvalue weighted by Crippen LogP contribution is -2.27. The fourth-order valence-electron chi connectivity index (χ4n) is 2.60. The van der Waals surface area contributed by atoms with Crippen molar-refractivity contribution in [1.29, 1.82) is 0 Å². The SMILES string of the molecule is C=Nc1ccoc1C(=NCCl)Nc1ccc(-c2cnn(C(=O)OC(C)(C)C)c2)cc1. The van der Waals surface area contributed by atoms with Gasteiger partial charge in [-0.25, -0.2) is 9.79 Å². The zero-order valence-electron chi connectivity index (χ0n) is 16.9. The highest BCUT2D eigenvalue weighted by Gasteiger charge is 2.19. The Bertz CT molecular complexity index is 1060. The van der Waals surface area contributed by atoms with E-state index in [-0.39, 0.29) is 6.00 Å². The summed E-state index contributed by atoms with van der Waals surface area (Å²) in [7, 11) is 0. The summed E-state index contributed by atoms with van der Waals surface area (Å²) in [6.07, 6.45) is 4.22. The van der Waals surface area contributed by atoms with Crippen LogP contribution >= 0.6 is 11.6 Å². The highest BCUT2D eigenvalue weighted by Crippen LogP contribution is 2.24. The molecule has 2 aromatic heterocycles. The lowest BCUT2D eigenvalue weighted by molar-refractivity contribution is 0.0514. The Morgan fingerprint density at radius 3 is 2.63 bits per heavy atom. The van der Waals surface area contributed by atoms with Crippen LogP contribution in [-0.2, 0) is 4.74 Å². The van der Waals surface area contributed by atoms with Gasteiger partial charge in [0.05, 0.1) is 12.5 Å². The number of hydrogen-bond acceptors (Lipinski definition) is 6. The first-order chi connectivity index (χ1) is 14.3. The summed E-state index contributed by atoms with van der Waals surface area (Å²) in [5, 5.41) is 7.26. The van der Waals surface area contributed by atoms with E-state index in [4.69, 9.17) is 20.8 Å². The number of aromatic nitrogens is 2. The van der Waals surface area contributed by atoms with E-state index in [1.165, 1.54) is 10.9 Å². The molecule has 9 heteroatoms. The Morgan fingerprint density at radius 1 is 1.27 bits per heavy atom. The molecule has 0 amide bonds. The summed E-state index contributed by atoms with van der Waals surface area (Å²) >= 11 is 5.79. The minimum absolute atomic E-state index is 0.0571. The summed E-state index contributed by atoms with van der Waals surface area (Å²) in [6, 6.07) is 9.28.